The van der Waals surface area contributed by atoms with Crippen LogP contribution in [-0.2, 0) is 10.2 Å². The van der Waals surface area contributed by atoms with Gasteiger partial charge >= 0.3 is 10.2 Å². The molecule has 138 valence electrons. The minimum absolute atomic E-state index is 0.0340. The summed E-state index contributed by atoms with van der Waals surface area (Å²) in [6.45, 7) is 3.44. The molecule has 0 bridgehead atoms. The molecule has 8 heteroatoms. The first-order chi connectivity index (χ1) is 12.0. The fourth-order valence-corrected chi connectivity index (χ4v) is 3.70. The number of nitrogens with zero attached hydrogens (tertiary/aromatic N) is 1. The Kier molecular flexibility index (Phi) is 4.33. The highest BCUT2D eigenvalue weighted by Crippen LogP contribution is 2.36. The van der Waals surface area contributed by atoms with Crippen LogP contribution in [0.25, 0.3) is 16.8 Å². The molecule has 0 aliphatic carbocycles. The van der Waals surface area contributed by atoms with Crippen molar-refractivity contribution in [1.82, 2.24) is 4.72 Å². The zero-order valence-electron chi connectivity index (χ0n) is 14.3. The topological polar surface area (TPSA) is 110 Å². The van der Waals surface area contributed by atoms with Crippen LogP contribution >= 0.6 is 0 Å². The van der Waals surface area contributed by atoms with Crippen molar-refractivity contribution in [2.45, 2.75) is 25.9 Å². The van der Waals surface area contributed by atoms with Crippen LogP contribution in [0.15, 0.2) is 48.5 Å². The van der Waals surface area contributed by atoms with Gasteiger partial charge < -0.3 is 15.3 Å². The summed E-state index contributed by atoms with van der Waals surface area (Å²) >= 11 is 0. The lowest BCUT2D eigenvalue weighted by Gasteiger charge is -2.16. The number of phenolic OH excluding ortho intramolecular Hbond substituents is 1. The molecule has 3 rings (SSSR count). The molecule has 4 N–H and O–H groups in total. The Bertz CT molecular complexity index is 1020. The summed E-state index contributed by atoms with van der Waals surface area (Å²) < 4.78 is 26.8. The van der Waals surface area contributed by atoms with Gasteiger partial charge in [-0.1, -0.05) is 24.3 Å². The summed E-state index contributed by atoms with van der Waals surface area (Å²) in [5.74, 6) is -0.744. The molecule has 1 aliphatic heterocycles. The largest absolute Gasteiger partial charge is 0.506 e. The molecule has 0 amide bonds. The first-order valence-corrected chi connectivity index (χ1v) is 9.38. The van der Waals surface area contributed by atoms with Crippen molar-refractivity contribution >= 4 is 32.7 Å². The van der Waals surface area contributed by atoms with Crippen LogP contribution in [0.3, 0.4) is 0 Å². The van der Waals surface area contributed by atoms with Crippen LogP contribution in [0.5, 0.6) is 5.75 Å². The van der Waals surface area contributed by atoms with Crippen LogP contribution in [0.4, 0.5) is 5.69 Å². The minimum Gasteiger partial charge on any atom is -0.506 e. The van der Waals surface area contributed by atoms with Gasteiger partial charge in [-0.2, -0.15) is 8.42 Å². The van der Waals surface area contributed by atoms with Gasteiger partial charge in [0.15, 0.2) is 0 Å². The quantitative estimate of drug-likeness (QED) is 0.656. The van der Waals surface area contributed by atoms with Crippen molar-refractivity contribution < 1.29 is 23.7 Å². The Labute approximate surface area is 151 Å². The van der Waals surface area contributed by atoms with E-state index in [2.05, 4.69) is 0 Å². The Morgan fingerprint density at radius 1 is 1.15 bits per heavy atom. The van der Waals surface area contributed by atoms with Crippen molar-refractivity contribution in [1.29, 1.82) is 0 Å². The molecule has 0 spiro atoms. The van der Waals surface area contributed by atoms with E-state index in [1.165, 1.54) is 12.1 Å². The third-order valence-electron chi connectivity index (χ3n) is 3.85. The van der Waals surface area contributed by atoms with Crippen LogP contribution in [0, 0.1) is 0 Å². The number of phenols is 1. The van der Waals surface area contributed by atoms with Crippen molar-refractivity contribution in [2.24, 2.45) is 0 Å². The van der Waals surface area contributed by atoms with E-state index in [9.17, 15) is 23.7 Å². The van der Waals surface area contributed by atoms with Crippen LogP contribution in [0.2, 0.25) is 0 Å². The second-order valence-corrected chi connectivity index (χ2v) is 8.33. The molecule has 7 nitrogen and oxygen atoms in total. The summed E-state index contributed by atoms with van der Waals surface area (Å²) in [7, 11) is -3.98. The predicted octanol–water partition coefficient (Wildman–Crippen LogP) is 2.73. The molecule has 0 saturated carbocycles. The smallest absolute Gasteiger partial charge is 0.330 e. The number of anilines is 1. The monoisotopic (exact) mass is 376 g/mol. The molecule has 0 saturated heterocycles. The normalized spacial score (nSPS) is 16.9. The van der Waals surface area contributed by atoms with Gasteiger partial charge in [-0.3, -0.25) is 0 Å². The first-order valence-electron chi connectivity index (χ1n) is 7.94. The second-order valence-electron chi connectivity index (χ2n) is 6.78. The number of rotatable bonds is 4. The van der Waals surface area contributed by atoms with Crippen LogP contribution in [0.1, 0.15) is 25.8 Å². The maximum Gasteiger partial charge on any atom is 0.330 e. The van der Waals surface area contributed by atoms with Gasteiger partial charge in [0, 0.05) is 0 Å². The second kappa shape index (κ2) is 6.22. The Morgan fingerprint density at radius 3 is 2.50 bits per heavy atom. The van der Waals surface area contributed by atoms with Crippen LogP contribution in [-0.4, -0.2) is 29.3 Å². The summed E-state index contributed by atoms with van der Waals surface area (Å²) in [5, 5.41) is 30.8. The van der Waals surface area contributed by atoms with E-state index in [-0.39, 0.29) is 11.4 Å². The molecule has 0 radical (unpaired) electrons. The molecule has 1 heterocycles. The highest BCUT2D eigenvalue weighted by molar-refractivity contribution is 7.91. The highest BCUT2D eigenvalue weighted by atomic mass is 32.2. The fraction of sp³-hybridized carbons (Fsp3) is 0.222. The molecule has 1 aliphatic rings. The molecule has 0 fully saturated rings. The molecular weight excluding hydrogens is 356 g/mol. The molecule has 0 unspecified atom stereocenters. The van der Waals surface area contributed by atoms with E-state index < -0.39 is 21.7 Å². The van der Waals surface area contributed by atoms with Gasteiger partial charge in [0.2, 0.25) is 5.88 Å². The molecule has 0 aromatic heterocycles. The van der Waals surface area contributed by atoms with E-state index in [4.69, 9.17) is 0 Å². The lowest BCUT2D eigenvalue weighted by atomic mass is 10.0. The van der Waals surface area contributed by atoms with Gasteiger partial charge in [-0.15, -0.1) is 0 Å². The van der Waals surface area contributed by atoms with Crippen molar-refractivity contribution in [3.8, 4) is 5.75 Å². The minimum atomic E-state index is -3.98. The summed E-state index contributed by atoms with van der Waals surface area (Å²) in [4.78, 5) is 0. The third-order valence-corrected chi connectivity index (χ3v) is 5.14. The molecule has 0 atom stereocenters. The Balaban J connectivity index is 2.01. The number of aliphatic hydroxyl groups excluding tert-OH is 1. The predicted molar refractivity (Wildman–Crippen MR) is 101 cm³/mol. The molecule has 2 aromatic carbocycles. The standard InChI is InChI=1S/C18H20N2O5S/c1-18(2,23)7-3-4-12-5-6-13-10-16(21)15(9-14(13)8-12)20-11-17(22)19-26(20,24)25/h3-6,8-11,19,21-23H,7H2,1-2H3. The zero-order chi connectivity index (χ0) is 19.1. The number of hydrogen-bond donors (Lipinski definition) is 4. The van der Waals surface area contributed by atoms with Gasteiger partial charge in [-0.05, 0) is 54.8 Å². The average molecular weight is 376 g/mol. The number of hydrogen-bond acceptors (Lipinski definition) is 5. The van der Waals surface area contributed by atoms with E-state index in [1.54, 1.807) is 13.8 Å². The number of aliphatic hydroxyl groups is 2. The van der Waals surface area contributed by atoms with E-state index in [1.807, 2.05) is 35.1 Å². The number of fused-ring (bicyclic) bond motifs is 1. The van der Waals surface area contributed by atoms with Crippen molar-refractivity contribution in [3.05, 3.63) is 54.1 Å². The zero-order valence-corrected chi connectivity index (χ0v) is 15.2. The summed E-state index contributed by atoms with van der Waals surface area (Å²) in [5.41, 5.74) is 0.114. The maximum atomic E-state index is 12.0. The summed E-state index contributed by atoms with van der Waals surface area (Å²) in [6.07, 6.45) is 5.21. The van der Waals surface area contributed by atoms with Gasteiger partial charge in [0.1, 0.15) is 11.4 Å². The fourth-order valence-electron chi connectivity index (χ4n) is 2.64. The summed E-state index contributed by atoms with van der Waals surface area (Å²) in [6, 6.07) is 8.52. The van der Waals surface area contributed by atoms with E-state index in [0.29, 0.717) is 6.42 Å². The molecule has 26 heavy (non-hydrogen) atoms. The van der Waals surface area contributed by atoms with E-state index in [0.717, 1.165) is 26.8 Å². The van der Waals surface area contributed by atoms with Crippen molar-refractivity contribution in [2.75, 3.05) is 4.31 Å². The molecular formula is C18H20N2O5S. The van der Waals surface area contributed by atoms with Crippen LogP contribution < -0.4 is 9.03 Å². The van der Waals surface area contributed by atoms with E-state index >= 15 is 0 Å². The Hall–Kier alpha value is -2.71. The van der Waals surface area contributed by atoms with Gasteiger partial charge in [0.05, 0.1) is 11.8 Å². The first kappa shape index (κ1) is 18.1. The van der Waals surface area contributed by atoms with Gasteiger partial charge in [0.25, 0.3) is 0 Å². The number of aromatic hydroxyl groups is 1. The van der Waals surface area contributed by atoms with Gasteiger partial charge in [-0.25, -0.2) is 9.03 Å². The number of benzene rings is 2. The molecule has 2 aromatic rings. The number of nitrogens with one attached hydrogen (secondary N) is 1. The lowest BCUT2D eigenvalue weighted by molar-refractivity contribution is 0.0841. The van der Waals surface area contributed by atoms with Crippen molar-refractivity contribution in [3.63, 3.8) is 0 Å². The highest BCUT2D eigenvalue weighted by Gasteiger charge is 2.30. The lowest BCUT2D eigenvalue weighted by Crippen LogP contribution is -2.29. The third kappa shape index (κ3) is 3.76. The maximum absolute atomic E-state index is 12.0. The SMILES string of the molecule is CC(C)(O)CC=Cc1ccc2cc(O)c(N3C=C(O)NS3(=O)=O)cc2c1. The Morgan fingerprint density at radius 2 is 1.88 bits per heavy atom. The average Bonchev–Trinajstić information content (AvgIpc) is 2.78.